The summed E-state index contributed by atoms with van der Waals surface area (Å²) in [6, 6.07) is 3.88. The van der Waals surface area contributed by atoms with Crippen molar-refractivity contribution in [3.05, 3.63) is 23.9 Å². The number of aromatic nitrogens is 1. The van der Waals surface area contributed by atoms with Gasteiger partial charge in [-0.05, 0) is 43.2 Å². The zero-order valence-corrected chi connectivity index (χ0v) is 12.1. The van der Waals surface area contributed by atoms with Crippen LogP contribution in [-0.2, 0) is 0 Å². The molecule has 0 atom stereocenters. The minimum absolute atomic E-state index is 0.448. The molecule has 2 N–H and O–H groups in total. The lowest BCUT2D eigenvalue weighted by Crippen LogP contribution is -2.40. The summed E-state index contributed by atoms with van der Waals surface area (Å²) in [6.07, 6.45) is 10.1. The number of hydrogen-bond donors (Lipinski definition) is 1. The second-order valence-corrected chi connectivity index (χ2v) is 6.37. The van der Waals surface area contributed by atoms with E-state index < -0.39 is 0 Å². The number of hydrogen-bond acceptors (Lipinski definition) is 3. The van der Waals surface area contributed by atoms with Crippen molar-refractivity contribution in [2.45, 2.75) is 38.5 Å². The number of pyridine rings is 1. The van der Waals surface area contributed by atoms with E-state index in [1.165, 1.54) is 38.5 Å². The molecule has 1 saturated carbocycles. The first-order valence-electron chi connectivity index (χ1n) is 7.20. The molecule has 3 rings (SSSR count). The van der Waals surface area contributed by atoms with Crippen LogP contribution in [-0.4, -0.2) is 23.1 Å². The first-order valence-corrected chi connectivity index (χ1v) is 7.61. The molecule has 0 aromatic carbocycles. The lowest BCUT2D eigenvalue weighted by Gasteiger charge is -2.40. The SMILES string of the molecule is NC(=S)c1cccnc1N1CCC2(CCCC2)CC1. The lowest BCUT2D eigenvalue weighted by atomic mass is 9.77. The summed E-state index contributed by atoms with van der Waals surface area (Å²) in [7, 11) is 0. The Morgan fingerprint density at radius 1 is 1.21 bits per heavy atom. The monoisotopic (exact) mass is 275 g/mol. The highest BCUT2D eigenvalue weighted by atomic mass is 32.1. The van der Waals surface area contributed by atoms with Gasteiger partial charge in [0.25, 0.3) is 0 Å². The van der Waals surface area contributed by atoms with Crippen LogP contribution in [0.4, 0.5) is 5.82 Å². The molecule has 1 aliphatic carbocycles. The zero-order valence-electron chi connectivity index (χ0n) is 11.3. The van der Waals surface area contributed by atoms with Crippen LogP contribution in [0.5, 0.6) is 0 Å². The van der Waals surface area contributed by atoms with E-state index in [1.54, 1.807) is 0 Å². The van der Waals surface area contributed by atoms with Crippen molar-refractivity contribution in [2.75, 3.05) is 18.0 Å². The van der Waals surface area contributed by atoms with E-state index in [4.69, 9.17) is 18.0 Å². The molecule has 0 amide bonds. The average Bonchev–Trinajstić information content (AvgIpc) is 2.88. The summed E-state index contributed by atoms with van der Waals surface area (Å²) in [5, 5.41) is 0. The Balaban J connectivity index is 1.76. The first kappa shape index (κ1) is 12.9. The first-order chi connectivity index (χ1) is 9.20. The highest BCUT2D eigenvalue weighted by Gasteiger charge is 2.37. The van der Waals surface area contributed by atoms with Crippen molar-refractivity contribution >= 4 is 23.0 Å². The van der Waals surface area contributed by atoms with Crippen molar-refractivity contribution in [3.8, 4) is 0 Å². The van der Waals surface area contributed by atoms with Crippen molar-refractivity contribution < 1.29 is 0 Å². The largest absolute Gasteiger partial charge is 0.389 e. The summed E-state index contributed by atoms with van der Waals surface area (Å²) in [6.45, 7) is 2.18. The number of anilines is 1. The maximum Gasteiger partial charge on any atom is 0.138 e. The second kappa shape index (κ2) is 5.08. The van der Waals surface area contributed by atoms with Crippen LogP contribution in [0.25, 0.3) is 0 Å². The number of thiocarbonyl (C=S) groups is 1. The predicted molar refractivity (Wildman–Crippen MR) is 82.5 cm³/mol. The average molecular weight is 275 g/mol. The van der Waals surface area contributed by atoms with Gasteiger partial charge in [-0.1, -0.05) is 25.1 Å². The Morgan fingerprint density at radius 2 is 1.89 bits per heavy atom. The quantitative estimate of drug-likeness (QED) is 0.843. The summed E-state index contributed by atoms with van der Waals surface area (Å²) < 4.78 is 0. The third kappa shape index (κ3) is 2.46. The van der Waals surface area contributed by atoms with E-state index in [9.17, 15) is 0 Å². The van der Waals surface area contributed by atoms with Crippen molar-refractivity contribution in [1.82, 2.24) is 4.98 Å². The molecule has 2 fully saturated rings. The number of nitrogens with zero attached hydrogens (tertiary/aromatic N) is 2. The molecule has 0 unspecified atom stereocenters. The molecule has 0 radical (unpaired) electrons. The lowest BCUT2D eigenvalue weighted by molar-refractivity contribution is 0.226. The maximum atomic E-state index is 5.80. The molecule has 2 aliphatic rings. The summed E-state index contributed by atoms with van der Waals surface area (Å²) in [4.78, 5) is 7.30. The molecule has 0 bridgehead atoms. The third-order valence-electron chi connectivity index (χ3n) is 4.84. The van der Waals surface area contributed by atoms with Gasteiger partial charge in [-0.15, -0.1) is 0 Å². The van der Waals surface area contributed by atoms with Crippen molar-refractivity contribution in [2.24, 2.45) is 11.1 Å². The van der Waals surface area contributed by atoms with E-state index in [0.717, 1.165) is 24.5 Å². The van der Waals surface area contributed by atoms with Crippen LogP contribution in [0.15, 0.2) is 18.3 Å². The molecule has 102 valence electrons. The van der Waals surface area contributed by atoms with Gasteiger partial charge in [0.05, 0.1) is 5.56 Å². The summed E-state index contributed by atoms with van der Waals surface area (Å²) >= 11 is 5.13. The van der Waals surface area contributed by atoms with E-state index in [1.807, 2.05) is 18.3 Å². The number of rotatable bonds is 2. The molecule has 2 heterocycles. The minimum Gasteiger partial charge on any atom is -0.389 e. The normalized spacial score (nSPS) is 21.8. The van der Waals surface area contributed by atoms with E-state index in [2.05, 4.69) is 9.88 Å². The van der Waals surface area contributed by atoms with Gasteiger partial charge in [0.15, 0.2) is 0 Å². The van der Waals surface area contributed by atoms with Crippen LogP contribution in [0.2, 0.25) is 0 Å². The van der Waals surface area contributed by atoms with Gasteiger partial charge in [0.2, 0.25) is 0 Å². The Kier molecular flexibility index (Phi) is 3.44. The van der Waals surface area contributed by atoms with Crippen molar-refractivity contribution in [1.29, 1.82) is 0 Å². The zero-order chi connectivity index (χ0) is 13.3. The highest BCUT2D eigenvalue weighted by Crippen LogP contribution is 2.46. The smallest absolute Gasteiger partial charge is 0.138 e. The Morgan fingerprint density at radius 3 is 2.53 bits per heavy atom. The minimum atomic E-state index is 0.448. The van der Waals surface area contributed by atoms with Gasteiger partial charge in [-0.2, -0.15) is 0 Å². The van der Waals surface area contributed by atoms with Gasteiger partial charge in [-0.25, -0.2) is 4.98 Å². The predicted octanol–water partition coefficient (Wildman–Crippen LogP) is 2.88. The van der Waals surface area contributed by atoms with Crippen LogP contribution < -0.4 is 10.6 Å². The number of piperidine rings is 1. The van der Waals surface area contributed by atoms with Gasteiger partial charge in [0.1, 0.15) is 10.8 Å². The van der Waals surface area contributed by atoms with Gasteiger partial charge in [-0.3, -0.25) is 0 Å². The van der Waals surface area contributed by atoms with E-state index in [-0.39, 0.29) is 0 Å². The summed E-state index contributed by atoms with van der Waals surface area (Å²) in [5.74, 6) is 0.975. The molecule has 1 aliphatic heterocycles. The van der Waals surface area contributed by atoms with Crippen LogP contribution in [0.3, 0.4) is 0 Å². The molecule has 3 nitrogen and oxygen atoms in total. The molecular formula is C15H21N3S. The summed E-state index contributed by atoms with van der Waals surface area (Å²) in [5.41, 5.74) is 7.35. The third-order valence-corrected chi connectivity index (χ3v) is 5.06. The molecule has 4 heteroatoms. The molecule has 1 aromatic rings. The maximum absolute atomic E-state index is 5.80. The number of nitrogens with two attached hydrogens (primary N) is 1. The topological polar surface area (TPSA) is 42.1 Å². The van der Waals surface area contributed by atoms with Crippen LogP contribution in [0.1, 0.15) is 44.1 Å². The molecular weight excluding hydrogens is 254 g/mol. The van der Waals surface area contributed by atoms with Gasteiger partial charge in [0, 0.05) is 19.3 Å². The molecule has 1 spiro atoms. The fourth-order valence-electron chi connectivity index (χ4n) is 3.66. The van der Waals surface area contributed by atoms with Crippen molar-refractivity contribution in [3.63, 3.8) is 0 Å². The van der Waals surface area contributed by atoms with Crippen LogP contribution in [0, 0.1) is 5.41 Å². The van der Waals surface area contributed by atoms with Gasteiger partial charge < -0.3 is 10.6 Å². The fourth-order valence-corrected chi connectivity index (χ4v) is 3.82. The van der Waals surface area contributed by atoms with Gasteiger partial charge >= 0.3 is 0 Å². The Labute approximate surface area is 120 Å². The molecule has 1 saturated heterocycles. The van der Waals surface area contributed by atoms with E-state index >= 15 is 0 Å². The Hall–Kier alpha value is -1.16. The second-order valence-electron chi connectivity index (χ2n) is 5.93. The standard InChI is InChI=1S/C15H21N3S/c16-13(19)12-4-3-9-17-14(12)18-10-7-15(8-11-18)5-1-2-6-15/h3-4,9H,1-2,5-8,10-11H2,(H2,16,19). The fraction of sp³-hybridized carbons (Fsp3) is 0.600. The highest BCUT2D eigenvalue weighted by molar-refractivity contribution is 7.80. The van der Waals surface area contributed by atoms with Crippen LogP contribution >= 0.6 is 12.2 Å². The van der Waals surface area contributed by atoms with E-state index in [0.29, 0.717) is 10.4 Å². The molecule has 19 heavy (non-hydrogen) atoms. The molecule has 1 aromatic heterocycles. The Bertz CT molecular complexity index is 470.